The van der Waals surface area contributed by atoms with Crippen molar-refractivity contribution in [1.82, 2.24) is 10.6 Å². The van der Waals surface area contributed by atoms with E-state index in [4.69, 9.17) is 4.74 Å². The van der Waals surface area contributed by atoms with Crippen molar-refractivity contribution < 1.29 is 29.0 Å². The van der Waals surface area contributed by atoms with Gasteiger partial charge in [-0.1, -0.05) is 91.0 Å². The molecule has 0 aliphatic heterocycles. The second-order valence-corrected chi connectivity index (χ2v) is 8.65. The van der Waals surface area contributed by atoms with Crippen LogP contribution in [0.4, 0.5) is 0 Å². The summed E-state index contributed by atoms with van der Waals surface area (Å²) in [6.45, 7) is 1.31. The van der Waals surface area contributed by atoms with Crippen LogP contribution in [0.1, 0.15) is 23.6 Å². The van der Waals surface area contributed by atoms with Crippen molar-refractivity contribution >= 4 is 23.8 Å². The molecule has 0 aromatic heterocycles. The molecule has 8 heteroatoms. The Hall–Kier alpha value is -4.46. The van der Waals surface area contributed by atoms with Gasteiger partial charge in [-0.3, -0.25) is 9.59 Å². The zero-order valence-electron chi connectivity index (χ0n) is 20.5. The van der Waals surface area contributed by atoms with E-state index in [1.165, 1.54) is 6.92 Å². The number of hydrogen-bond donors (Lipinski definition) is 3. The monoisotopic (exact) mass is 502 g/mol. The number of amides is 2. The zero-order chi connectivity index (χ0) is 26.6. The molecule has 192 valence electrons. The molecular formula is C29H30N2O6. The summed E-state index contributed by atoms with van der Waals surface area (Å²) in [4.78, 5) is 50.1. The SMILES string of the molecule is CC(=O)NC(Cc1ccccc1)C(=O)NC(Cc1ccccc1)C(=O)OC(Cc1ccccc1)C(=O)O. The van der Waals surface area contributed by atoms with E-state index in [2.05, 4.69) is 10.6 Å². The van der Waals surface area contributed by atoms with Crippen LogP contribution in [-0.2, 0) is 43.2 Å². The zero-order valence-corrected chi connectivity index (χ0v) is 20.5. The van der Waals surface area contributed by atoms with E-state index in [1.54, 1.807) is 54.6 Å². The van der Waals surface area contributed by atoms with Gasteiger partial charge in [0.25, 0.3) is 0 Å². The molecule has 2 amide bonds. The predicted molar refractivity (Wildman–Crippen MR) is 137 cm³/mol. The van der Waals surface area contributed by atoms with Crippen molar-refractivity contribution in [2.24, 2.45) is 0 Å². The predicted octanol–water partition coefficient (Wildman–Crippen LogP) is 2.70. The lowest BCUT2D eigenvalue weighted by Gasteiger charge is -2.24. The Bertz CT molecular complexity index is 1180. The second-order valence-electron chi connectivity index (χ2n) is 8.65. The van der Waals surface area contributed by atoms with Crippen LogP contribution >= 0.6 is 0 Å². The molecule has 3 atom stereocenters. The lowest BCUT2D eigenvalue weighted by Crippen LogP contribution is -2.53. The Balaban J connectivity index is 1.79. The first-order chi connectivity index (χ1) is 17.8. The van der Waals surface area contributed by atoms with Gasteiger partial charge in [-0.25, -0.2) is 9.59 Å². The van der Waals surface area contributed by atoms with Gasteiger partial charge < -0.3 is 20.5 Å². The molecule has 0 radical (unpaired) electrons. The molecule has 8 nitrogen and oxygen atoms in total. The number of carbonyl (C=O) groups excluding carboxylic acids is 3. The maximum Gasteiger partial charge on any atom is 0.345 e. The lowest BCUT2D eigenvalue weighted by molar-refractivity contribution is -0.165. The van der Waals surface area contributed by atoms with Gasteiger partial charge in [-0.15, -0.1) is 0 Å². The normalized spacial score (nSPS) is 13.0. The number of rotatable bonds is 12. The number of esters is 1. The van der Waals surface area contributed by atoms with E-state index < -0.39 is 41.9 Å². The molecule has 3 aromatic carbocycles. The summed E-state index contributed by atoms with van der Waals surface area (Å²) in [5.74, 6) is -3.14. The van der Waals surface area contributed by atoms with Gasteiger partial charge in [0.1, 0.15) is 12.1 Å². The van der Waals surface area contributed by atoms with E-state index in [0.29, 0.717) is 5.56 Å². The van der Waals surface area contributed by atoms with Crippen molar-refractivity contribution in [3.63, 3.8) is 0 Å². The van der Waals surface area contributed by atoms with Gasteiger partial charge in [0, 0.05) is 26.2 Å². The molecule has 3 rings (SSSR count). The van der Waals surface area contributed by atoms with E-state index in [1.807, 2.05) is 36.4 Å². The summed E-state index contributed by atoms with van der Waals surface area (Å²) in [6, 6.07) is 24.9. The van der Waals surface area contributed by atoms with E-state index >= 15 is 0 Å². The van der Waals surface area contributed by atoms with Crippen LogP contribution in [0.25, 0.3) is 0 Å². The third-order valence-corrected chi connectivity index (χ3v) is 5.66. The van der Waals surface area contributed by atoms with Crippen molar-refractivity contribution in [2.45, 2.75) is 44.4 Å². The molecule has 0 saturated heterocycles. The third kappa shape index (κ3) is 8.92. The largest absolute Gasteiger partial charge is 0.478 e. The van der Waals surface area contributed by atoms with Crippen LogP contribution in [0.3, 0.4) is 0 Å². The maximum absolute atomic E-state index is 13.2. The number of aliphatic carboxylic acids is 1. The number of carbonyl (C=O) groups is 4. The van der Waals surface area contributed by atoms with Crippen LogP contribution in [0.5, 0.6) is 0 Å². The van der Waals surface area contributed by atoms with Gasteiger partial charge in [-0.2, -0.15) is 0 Å². The number of carboxylic acids is 1. The van der Waals surface area contributed by atoms with Crippen molar-refractivity contribution in [3.05, 3.63) is 108 Å². The first-order valence-electron chi connectivity index (χ1n) is 11.9. The number of hydrogen-bond acceptors (Lipinski definition) is 5. The summed E-state index contributed by atoms with van der Waals surface area (Å²) in [7, 11) is 0. The fourth-order valence-electron chi connectivity index (χ4n) is 3.85. The Kier molecular flexibility index (Phi) is 9.96. The Labute approximate surface area is 215 Å². The molecule has 0 fully saturated rings. The van der Waals surface area contributed by atoms with Gasteiger partial charge in [-0.05, 0) is 16.7 Å². The number of ether oxygens (including phenoxy) is 1. The highest BCUT2D eigenvalue weighted by Gasteiger charge is 2.31. The molecule has 0 aliphatic carbocycles. The van der Waals surface area contributed by atoms with E-state index in [0.717, 1.165) is 11.1 Å². The fraction of sp³-hybridized carbons (Fsp3) is 0.241. The Morgan fingerprint density at radius 1 is 0.676 bits per heavy atom. The smallest absolute Gasteiger partial charge is 0.345 e. The number of benzene rings is 3. The second kappa shape index (κ2) is 13.6. The minimum absolute atomic E-state index is 0.0174. The minimum atomic E-state index is -1.43. The Morgan fingerprint density at radius 3 is 1.54 bits per heavy atom. The maximum atomic E-state index is 13.2. The highest BCUT2D eigenvalue weighted by atomic mass is 16.6. The molecule has 0 spiro atoms. The third-order valence-electron chi connectivity index (χ3n) is 5.66. The van der Waals surface area contributed by atoms with E-state index in [-0.39, 0.29) is 19.3 Å². The minimum Gasteiger partial charge on any atom is -0.478 e. The average Bonchev–Trinajstić information content (AvgIpc) is 2.89. The van der Waals surface area contributed by atoms with Crippen LogP contribution in [-0.4, -0.2) is 47.0 Å². The van der Waals surface area contributed by atoms with E-state index in [9.17, 15) is 24.3 Å². The molecule has 3 N–H and O–H groups in total. The van der Waals surface area contributed by atoms with Crippen molar-refractivity contribution in [3.8, 4) is 0 Å². The lowest BCUT2D eigenvalue weighted by atomic mass is 10.0. The topological polar surface area (TPSA) is 122 Å². The summed E-state index contributed by atoms with van der Waals surface area (Å²) >= 11 is 0. The summed E-state index contributed by atoms with van der Waals surface area (Å²) in [5, 5.41) is 15.0. The van der Waals surface area contributed by atoms with Crippen LogP contribution < -0.4 is 10.6 Å². The highest BCUT2D eigenvalue weighted by Crippen LogP contribution is 2.12. The summed E-state index contributed by atoms with van der Waals surface area (Å²) in [6.07, 6.45) is -1.15. The molecule has 0 saturated carbocycles. The average molecular weight is 503 g/mol. The van der Waals surface area contributed by atoms with Crippen LogP contribution in [0.2, 0.25) is 0 Å². The molecular weight excluding hydrogens is 472 g/mol. The van der Waals surface area contributed by atoms with Crippen LogP contribution in [0, 0.1) is 0 Å². The quantitative estimate of drug-likeness (QED) is 0.328. The first kappa shape index (κ1) is 27.1. The first-order valence-corrected chi connectivity index (χ1v) is 11.9. The summed E-state index contributed by atoms with van der Waals surface area (Å²) < 4.78 is 5.39. The summed E-state index contributed by atoms with van der Waals surface area (Å²) in [5.41, 5.74) is 2.27. The van der Waals surface area contributed by atoms with Crippen molar-refractivity contribution in [1.29, 1.82) is 0 Å². The number of nitrogens with one attached hydrogen (secondary N) is 2. The molecule has 37 heavy (non-hydrogen) atoms. The Morgan fingerprint density at radius 2 is 1.11 bits per heavy atom. The van der Waals surface area contributed by atoms with Crippen molar-refractivity contribution in [2.75, 3.05) is 0 Å². The standard InChI is InChI=1S/C29H30N2O6/c1-20(32)30-24(17-21-11-5-2-6-12-21)27(33)31-25(18-22-13-7-3-8-14-22)29(36)37-26(28(34)35)19-23-15-9-4-10-16-23/h2-16,24-26H,17-19H2,1H3,(H,30,32)(H,31,33)(H,34,35). The van der Waals surface area contributed by atoms with Gasteiger partial charge in [0.05, 0.1) is 0 Å². The van der Waals surface area contributed by atoms with Gasteiger partial charge in [0.15, 0.2) is 0 Å². The molecule has 3 aromatic rings. The van der Waals surface area contributed by atoms with Crippen LogP contribution in [0.15, 0.2) is 91.0 Å². The highest BCUT2D eigenvalue weighted by molar-refractivity contribution is 5.91. The molecule has 0 heterocycles. The fourth-order valence-corrected chi connectivity index (χ4v) is 3.85. The molecule has 0 aliphatic rings. The van der Waals surface area contributed by atoms with Gasteiger partial charge in [0.2, 0.25) is 17.9 Å². The number of carboxylic acid groups (broad SMARTS) is 1. The van der Waals surface area contributed by atoms with Gasteiger partial charge >= 0.3 is 11.9 Å². The molecule has 3 unspecified atom stereocenters. The molecule has 0 bridgehead atoms.